The zero-order valence-electron chi connectivity index (χ0n) is 9.74. The zero-order chi connectivity index (χ0) is 11.1. The monoisotopic (exact) mass is 203 g/mol. The molecule has 4 heteroatoms. The van der Waals surface area contributed by atoms with Crippen LogP contribution in [0.4, 0.5) is 0 Å². The summed E-state index contributed by atoms with van der Waals surface area (Å²) < 4.78 is 10.0. The van der Waals surface area contributed by atoms with Crippen molar-refractivity contribution in [1.29, 1.82) is 0 Å². The van der Waals surface area contributed by atoms with E-state index < -0.39 is 0 Å². The lowest BCUT2D eigenvalue weighted by molar-refractivity contribution is -0.146. The third-order valence-corrected chi connectivity index (χ3v) is 2.10. The molecule has 14 heavy (non-hydrogen) atoms. The molecule has 0 rings (SSSR count). The summed E-state index contributed by atoms with van der Waals surface area (Å²) in [7, 11) is 3.28. The van der Waals surface area contributed by atoms with Gasteiger partial charge >= 0.3 is 5.97 Å². The molecular weight excluding hydrogens is 182 g/mol. The van der Waals surface area contributed by atoms with Crippen molar-refractivity contribution in [3.8, 4) is 0 Å². The van der Waals surface area contributed by atoms with Gasteiger partial charge in [0.25, 0.3) is 0 Å². The van der Waals surface area contributed by atoms with Gasteiger partial charge < -0.3 is 9.47 Å². The first-order valence-corrected chi connectivity index (χ1v) is 4.88. The van der Waals surface area contributed by atoms with E-state index in [1.807, 2.05) is 32.7 Å². The summed E-state index contributed by atoms with van der Waals surface area (Å²) in [5, 5.41) is 0. The normalized spacial score (nSPS) is 13.4. The lowest BCUT2D eigenvalue weighted by Gasteiger charge is -2.22. The Kier molecular flexibility index (Phi) is 6.49. The Labute approximate surface area is 86.2 Å². The summed E-state index contributed by atoms with van der Waals surface area (Å²) in [5.74, 6) is -0.211. The van der Waals surface area contributed by atoms with E-state index >= 15 is 0 Å². The topological polar surface area (TPSA) is 38.8 Å². The molecular formula is C10H21NO3. The molecule has 0 heterocycles. The highest BCUT2D eigenvalue weighted by Gasteiger charge is 2.17. The summed E-state index contributed by atoms with van der Waals surface area (Å²) in [6.07, 6.45) is 0.233. The SMILES string of the molecule is COC(=O)C(C)N(C)CCOC(C)C. The van der Waals surface area contributed by atoms with E-state index in [0.717, 1.165) is 6.54 Å². The van der Waals surface area contributed by atoms with Crippen LogP contribution >= 0.6 is 0 Å². The van der Waals surface area contributed by atoms with Gasteiger partial charge in [-0.15, -0.1) is 0 Å². The van der Waals surface area contributed by atoms with Crippen molar-refractivity contribution in [2.75, 3.05) is 27.3 Å². The van der Waals surface area contributed by atoms with E-state index in [2.05, 4.69) is 4.74 Å². The van der Waals surface area contributed by atoms with Gasteiger partial charge in [0.2, 0.25) is 0 Å². The third-order valence-electron chi connectivity index (χ3n) is 2.10. The second-order valence-corrected chi connectivity index (χ2v) is 3.60. The first kappa shape index (κ1) is 13.4. The van der Waals surface area contributed by atoms with Crippen molar-refractivity contribution < 1.29 is 14.3 Å². The molecule has 84 valence electrons. The van der Waals surface area contributed by atoms with Gasteiger partial charge in [-0.25, -0.2) is 0 Å². The van der Waals surface area contributed by atoms with Crippen LogP contribution < -0.4 is 0 Å². The molecule has 0 amide bonds. The number of carbonyl (C=O) groups excluding carboxylic acids is 1. The first-order chi connectivity index (χ1) is 6.49. The predicted octanol–water partition coefficient (Wildman–Crippen LogP) is 0.905. The lowest BCUT2D eigenvalue weighted by Crippen LogP contribution is -2.38. The minimum atomic E-state index is -0.212. The molecule has 0 aliphatic rings. The lowest BCUT2D eigenvalue weighted by atomic mass is 10.3. The minimum absolute atomic E-state index is 0.211. The number of rotatable bonds is 6. The molecule has 0 spiro atoms. The maximum Gasteiger partial charge on any atom is 0.322 e. The van der Waals surface area contributed by atoms with Crippen LogP contribution in [0.2, 0.25) is 0 Å². The summed E-state index contributed by atoms with van der Waals surface area (Å²) in [6.45, 7) is 7.17. The number of hydrogen-bond acceptors (Lipinski definition) is 4. The van der Waals surface area contributed by atoms with Crippen LogP contribution in [0.25, 0.3) is 0 Å². The number of carbonyl (C=O) groups is 1. The maximum absolute atomic E-state index is 11.1. The van der Waals surface area contributed by atoms with E-state index in [9.17, 15) is 4.79 Å². The molecule has 0 saturated carbocycles. The number of methoxy groups -OCH3 is 1. The number of nitrogens with zero attached hydrogens (tertiary/aromatic N) is 1. The van der Waals surface area contributed by atoms with Gasteiger partial charge in [0.1, 0.15) is 6.04 Å². The second-order valence-electron chi connectivity index (χ2n) is 3.60. The Hall–Kier alpha value is -0.610. The van der Waals surface area contributed by atoms with Crippen molar-refractivity contribution in [2.45, 2.75) is 32.9 Å². The fourth-order valence-electron chi connectivity index (χ4n) is 0.977. The first-order valence-electron chi connectivity index (χ1n) is 4.88. The van der Waals surface area contributed by atoms with Gasteiger partial charge in [-0.05, 0) is 27.8 Å². The van der Waals surface area contributed by atoms with E-state index in [0.29, 0.717) is 6.61 Å². The number of hydrogen-bond donors (Lipinski definition) is 0. The van der Waals surface area contributed by atoms with Crippen LogP contribution in [-0.4, -0.2) is 50.3 Å². The van der Waals surface area contributed by atoms with Crippen LogP contribution in [0, 0.1) is 0 Å². The Balaban J connectivity index is 3.72. The molecule has 0 aliphatic heterocycles. The largest absolute Gasteiger partial charge is 0.468 e. The minimum Gasteiger partial charge on any atom is -0.468 e. The Morgan fingerprint density at radius 2 is 1.93 bits per heavy atom. The van der Waals surface area contributed by atoms with Gasteiger partial charge in [0, 0.05) is 6.54 Å². The molecule has 0 aromatic carbocycles. The van der Waals surface area contributed by atoms with Crippen molar-refractivity contribution in [3.05, 3.63) is 0 Å². The van der Waals surface area contributed by atoms with Crippen LogP contribution in [0.3, 0.4) is 0 Å². The van der Waals surface area contributed by atoms with Gasteiger partial charge in [-0.1, -0.05) is 0 Å². The molecule has 0 N–H and O–H groups in total. The molecule has 1 unspecified atom stereocenters. The number of esters is 1. The average Bonchev–Trinajstić information content (AvgIpc) is 2.14. The highest BCUT2D eigenvalue weighted by Crippen LogP contribution is 1.98. The van der Waals surface area contributed by atoms with Crippen LogP contribution in [0.5, 0.6) is 0 Å². The molecule has 0 radical (unpaired) electrons. The quantitative estimate of drug-likeness (QED) is 0.601. The van der Waals surface area contributed by atoms with Crippen molar-refractivity contribution in [2.24, 2.45) is 0 Å². The predicted molar refractivity (Wildman–Crippen MR) is 55.2 cm³/mol. The molecule has 1 atom stereocenters. The highest BCUT2D eigenvalue weighted by atomic mass is 16.5. The fraction of sp³-hybridized carbons (Fsp3) is 0.900. The maximum atomic E-state index is 11.1. The van der Waals surface area contributed by atoms with E-state index in [1.54, 1.807) is 0 Å². The standard InChI is InChI=1S/C10H21NO3/c1-8(2)14-7-6-11(4)9(3)10(12)13-5/h8-9H,6-7H2,1-5H3. The number of ether oxygens (including phenoxy) is 2. The summed E-state index contributed by atoms with van der Waals surface area (Å²) in [4.78, 5) is 13.1. The third kappa shape index (κ3) is 5.19. The summed E-state index contributed by atoms with van der Waals surface area (Å²) in [6, 6.07) is -0.212. The number of likely N-dealkylation sites (N-methyl/N-ethyl adjacent to an activating group) is 1. The molecule has 0 fully saturated rings. The van der Waals surface area contributed by atoms with Gasteiger partial charge in [-0.2, -0.15) is 0 Å². The van der Waals surface area contributed by atoms with Crippen LogP contribution in [0.1, 0.15) is 20.8 Å². The molecule has 0 aromatic rings. The molecule has 4 nitrogen and oxygen atoms in total. The molecule has 0 bridgehead atoms. The van der Waals surface area contributed by atoms with Gasteiger partial charge in [0.05, 0.1) is 19.8 Å². The Morgan fingerprint density at radius 3 is 2.36 bits per heavy atom. The fourth-order valence-corrected chi connectivity index (χ4v) is 0.977. The van der Waals surface area contributed by atoms with E-state index in [-0.39, 0.29) is 18.1 Å². The molecule has 0 aliphatic carbocycles. The highest BCUT2D eigenvalue weighted by molar-refractivity contribution is 5.75. The zero-order valence-corrected chi connectivity index (χ0v) is 9.74. The van der Waals surface area contributed by atoms with E-state index in [1.165, 1.54) is 7.11 Å². The summed E-state index contributed by atoms with van der Waals surface area (Å²) in [5.41, 5.74) is 0. The van der Waals surface area contributed by atoms with Crippen LogP contribution in [0.15, 0.2) is 0 Å². The van der Waals surface area contributed by atoms with E-state index in [4.69, 9.17) is 4.74 Å². The average molecular weight is 203 g/mol. The van der Waals surface area contributed by atoms with Gasteiger partial charge in [-0.3, -0.25) is 9.69 Å². The second kappa shape index (κ2) is 6.79. The smallest absolute Gasteiger partial charge is 0.322 e. The molecule has 0 saturated heterocycles. The van der Waals surface area contributed by atoms with Crippen molar-refractivity contribution >= 4 is 5.97 Å². The van der Waals surface area contributed by atoms with Crippen LogP contribution in [-0.2, 0) is 14.3 Å². The Bertz CT molecular complexity index is 171. The summed E-state index contributed by atoms with van der Waals surface area (Å²) >= 11 is 0. The van der Waals surface area contributed by atoms with Crippen molar-refractivity contribution in [1.82, 2.24) is 4.90 Å². The van der Waals surface area contributed by atoms with Crippen molar-refractivity contribution in [3.63, 3.8) is 0 Å². The van der Waals surface area contributed by atoms with Gasteiger partial charge in [0.15, 0.2) is 0 Å². The Morgan fingerprint density at radius 1 is 1.36 bits per heavy atom. The molecule has 0 aromatic heterocycles.